The van der Waals surface area contributed by atoms with Gasteiger partial charge in [-0.05, 0) is 60.8 Å². The van der Waals surface area contributed by atoms with E-state index in [0.717, 1.165) is 11.3 Å². The molecule has 2 N–H and O–H groups in total. The van der Waals surface area contributed by atoms with E-state index in [1.54, 1.807) is 11.8 Å². The zero-order valence-corrected chi connectivity index (χ0v) is 20.5. The number of aromatic nitrogens is 4. The van der Waals surface area contributed by atoms with E-state index in [2.05, 4.69) is 20.4 Å². The molecular formula is C23H34N6O4. The van der Waals surface area contributed by atoms with Crippen molar-refractivity contribution in [3.05, 3.63) is 32.9 Å². The quantitative estimate of drug-likeness (QED) is 0.726. The van der Waals surface area contributed by atoms with Crippen molar-refractivity contribution in [3.63, 3.8) is 0 Å². The molecule has 2 amide bonds. The molecule has 3 rings (SSSR count). The summed E-state index contributed by atoms with van der Waals surface area (Å²) >= 11 is 0. The van der Waals surface area contributed by atoms with Crippen LogP contribution < -0.4 is 10.9 Å². The van der Waals surface area contributed by atoms with Crippen LogP contribution >= 0.6 is 0 Å². The van der Waals surface area contributed by atoms with E-state index in [1.807, 2.05) is 41.5 Å². The predicted molar refractivity (Wildman–Crippen MR) is 125 cm³/mol. The summed E-state index contributed by atoms with van der Waals surface area (Å²) in [5.41, 5.74) is 2.02. The number of rotatable bonds is 4. The van der Waals surface area contributed by atoms with Gasteiger partial charge in [0.2, 0.25) is 11.9 Å². The van der Waals surface area contributed by atoms with Gasteiger partial charge in [0.25, 0.3) is 5.56 Å². The second kappa shape index (κ2) is 9.36. The third-order valence-electron chi connectivity index (χ3n) is 5.88. The normalized spacial score (nSPS) is 14.9. The third-order valence-corrected chi connectivity index (χ3v) is 5.88. The molecule has 0 spiro atoms. The molecule has 2 aromatic rings. The van der Waals surface area contributed by atoms with Gasteiger partial charge in [-0.15, -0.1) is 0 Å². The highest BCUT2D eigenvalue weighted by molar-refractivity contribution is 5.93. The van der Waals surface area contributed by atoms with Crippen molar-refractivity contribution < 1.29 is 14.3 Å². The summed E-state index contributed by atoms with van der Waals surface area (Å²) in [7, 11) is 0. The number of amides is 2. The van der Waals surface area contributed by atoms with Gasteiger partial charge in [0, 0.05) is 35.8 Å². The number of hydrogen-bond acceptors (Lipinski definition) is 6. The maximum atomic E-state index is 13.1. The summed E-state index contributed by atoms with van der Waals surface area (Å²) in [5.74, 6) is 0.357. The van der Waals surface area contributed by atoms with Crippen LogP contribution in [0.15, 0.2) is 4.79 Å². The van der Waals surface area contributed by atoms with Crippen molar-refractivity contribution >= 4 is 17.8 Å². The van der Waals surface area contributed by atoms with Crippen molar-refractivity contribution in [1.29, 1.82) is 0 Å². The van der Waals surface area contributed by atoms with Gasteiger partial charge in [-0.1, -0.05) is 6.92 Å². The number of carbonyl (C=O) groups is 2. The smallest absolute Gasteiger partial charge is 0.410 e. The predicted octanol–water partition coefficient (Wildman–Crippen LogP) is 3.03. The molecule has 1 aliphatic heterocycles. The monoisotopic (exact) mass is 458 g/mol. The Kier molecular flexibility index (Phi) is 6.94. The van der Waals surface area contributed by atoms with Crippen LogP contribution in [0.5, 0.6) is 0 Å². The third kappa shape index (κ3) is 5.43. The van der Waals surface area contributed by atoms with Crippen molar-refractivity contribution in [2.75, 3.05) is 18.4 Å². The zero-order chi connectivity index (χ0) is 24.5. The molecule has 10 nitrogen and oxygen atoms in total. The summed E-state index contributed by atoms with van der Waals surface area (Å²) in [4.78, 5) is 46.7. The topological polar surface area (TPSA) is 122 Å². The molecule has 0 saturated carbocycles. The van der Waals surface area contributed by atoms with E-state index in [-0.39, 0.29) is 29.4 Å². The number of aryl methyl sites for hydroxylation is 2. The number of piperidine rings is 1. The highest BCUT2D eigenvalue weighted by Crippen LogP contribution is 2.25. The minimum absolute atomic E-state index is 0.146. The number of carbonyl (C=O) groups excluding carboxylic acids is 2. The van der Waals surface area contributed by atoms with Crippen LogP contribution in [-0.4, -0.2) is 55.3 Å². The number of nitrogens with zero attached hydrogens (tertiary/aromatic N) is 4. The van der Waals surface area contributed by atoms with Gasteiger partial charge in [-0.3, -0.25) is 14.6 Å². The van der Waals surface area contributed by atoms with E-state index in [4.69, 9.17) is 4.74 Å². The van der Waals surface area contributed by atoms with E-state index < -0.39 is 5.60 Å². The first kappa shape index (κ1) is 24.5. The summed E-state index contributed by atoms with van der Waals surface area (Å²) in [6, 6.07) is 0. The minimum Gasteiger partial charge on any atom is -0.444 e. The van der Waals surface area contributed by atoms with Crippen molar-refractivity contribution in [3.8, 4) is 5.95 Å². The molecule has 1 aliphatic rings. The van der Waals surface area contributed by atoms with E-state index in [1.165, 1.54) is 4.68 Å². The highest BCUT2D eigenvalue weighted by Gasteiger charge is 2.31. The Balaban J connectivity index is 1.75. The molecule has 10 heteroatoms. The first-order valence-electron chi connectivity index (χ1n) is 11.4. The number of nitrogens with one attached hydrogen (secondary N) is 2. The molecule has 33 heavy (non-hydrogen) atoms. The molecule has 0 atom stereocenters. The van der Waals surface area contributed by atoms with Crippen LogP contribution in [0.2, 0.25) is 0 Å². The van der Waals surface area contributed by atoms with Crippen molar-refractivity contribution in [2.45, 2.75) is 73.3 Å². The lowest BCUT2D eigenvalue weighted by atomic mass is 9.96. The van der Waals surface area contributed by atoms with Crippen LogP contribution in [0, 0.1) is 26.7 Å². The minimum atomic E-state index is -0.554. The lowest BCUT2D eigenvalue weighted by molar-refractivity contribution is -0.121. The molecule has 0 bridgehead atoms. The molecule has 1 saturated heterocycles. The van der Waals surface area contributed by atoms with Crippen LogP contribution in [0.4, 0.5) is 10.6 Å². The van der Waals surface area contributed by atoms with Crippen LogP contribution in [0.1, 0.15) is 63.1 Å². The van der Waals surface area contributed by atoms with E-state index >= 15 is 0 Å². The van der Waals surface area contributed by atoms with E-state index in [0.29, 0.717) is 49.4 Å². The summed E-state index contributed by atoms with van der Waals surface area (Å²) in [6.45, 7) is 13.8. The molecular weight excluding hydrogens is 424 g/mol. The standard InChI is InChI=1S/C23H34N6O4/c1-8-17-15(4)24-21(26-20(17)31)29-18(13(2)14(3)27-29)25-19(30)16-9-11-28(12-10-16)22(32)33-23(5,6)7/h16H,8-12H2,1-7H3,(H,25,30)(H,24,26,31). The van der Waals surface area contributed by atoms with Gasteiger partial charge in [0.05, 0.1) is 5.69 Å². The molecule has 180 valence electrons. The number of aromatic amines is 1. The average Bonchev–Trinajstić information content (AvgIpc) is 3.01. The molecule has 0 aliphatic carbocycles. The van der Waals surface area contributed by atoms with Gasteiger partial charge in [0.1, 0.15) is 11.4 Å². The first-order chi connectivity index (χ1) is 15.4. The fraction of sp³-hybridized carbons (Fsp3) is 0.609. The molecule has 0 radical (unpaired) electrons. The van der Waals surface area contributed by atoms with Gasteiger partial charge in [0.15, 0.2) is 0 Å². The van der Waals surface area contributed by atoms with Gasteiger partial charge in [-0.2, -0.15) is 9.78 Å². The Labute approximate surface area is 193 Å². The fourth-order valence-corrected chi connectivity index (χ4v) is 3.89. The summed E-state index contributed by atoms with van der Waals surface area (Å²) in [6.07, 6.45) is 1.30. The van der Waals surface area contributed by atoms with E-state index in [9.17, 15) is 14.4 Å². The fourth-order valence-electron chi connectivity index (χ4n) is 3.89. The first-order valence-corrected chi connectivity index (χ1v) is 11.4. The Bertz CT molecular complexity index is 1100. The highest BCUT2D eigenvalue weighted by atomic mass is 16.6. The molecule has 0 unspecified atom stereocenters. The maximum Gasteiger partial charge on any atom is 0.410 e. The van der Waals surface area contributed by atoms with Crippen LogP contribution in [0.3, 0.4) is 0 Å². The lowest BCUT2D eigenvalue weighted by Crippen LogP contribution is -2.43. The summed E-state index contributed by atoms with van der Waals surface area (Å²) < 4.78 is 6.90. The maximum absolute atomic E-state index is 13.1. The molecule has 1 fully saturated rings. The Morgan fingerprint density at radius 1 is 1.15 bits per heavy atom. The largest absolute Gasteiger partial charge is 0.444 e. The Hall–Kier alpha value is -3.17. The second-order valence-corrected chi connectivity index (χ2v) is 9.51. The summed E-state index contributed by atoms with van der Waals surface area (Å²) in [5, 5.41) is 7.47. The van der Waals surface area contributed by atoms with Crippen LogP contribution in [-0.2, 0) is 16.0 Å². The average molecular weight is 459 g/mol. The number of ether oxygens (including phenoxy) is 1. The molecule has 3 heterocycles. The number of likely N-dealkylation sites (tertiary alicyclic amines) is 1. The Morgan fingerprint density at radius 2 is 1.79 bits per heavy atom. The van der Waals surface area contributed by atoms with Crippen molar-refractivity contribution in [2.24, 2.45) is 5.92 Å². The Morgan fingerprint density at radius 3 is 2.33 bits per heavy atom. The van der Waals surface area contributed by atoms with Gasteiger partial charge in [-0.25, -0.2) is 9.78 Å². The van der Waals surface area contributed by atoms with Crippen molar-refractivity contribution in [1.82, 2.24) is 24.6 Å². The number of anilines is 1. The molecule has 0 aromatic carbocycles. The SMILES string of the molecule is CCc1c(C)nc(-n2nc(C)c(C)c2NC(=O)C2CCN(C(=O)OC(C)(C)C)CC2)[nH]c1=O. The zero-order valence-electron chi connectivity index (χ0n) is 20.5. The lowest BCUT2D eigenvalue weighted by Gasteiger charge is -2.32. The van der Waals surface area contributed by atoms with Gasteiger partial charge >= 0.3 is 6.09 Å². The van der Waals surface area contributed by atoms with Crippen LogP contribution in [0.25, 0.3) is 5.95 Å². The molecule has 2 aromatic heterocycles. The number of hydrogen-bond donors (Lipinski definition) is 2. The second-order valence-electron chi connectivity index (χ2n) is 9.51. The van der Waals surface area contributed by atoms with Gasteiger partial charge < -0.3 is 15.0 Å². The number of H-pyrrole nitrogens is 1.